The van der Waals surface area contributed by atoms with E-state index in [1.807, 2.05) is 0 Å². The van der Waals surface area contributed by atoms with Gasteiger partial charge in [0.1, 0.15) is 11.4 Å². The van der Waals surface area contributed by atoms with E-state index in [-0.39, 0.29) is 17.0 Å². The van der Waals surface area contributed by atoms with Crippen molar-refractivity contribution in [1.29, 1.82) is 0 Å². The Morgan fingerprint density at radius 1 is 1.07 bits per heavy atom. The third-order valence-electron chi connectivity index (χ3n) is 4.43. The van der Waals surface area contributed by atoms with Crippen LogP contribution in [0.25, 0.3) is 16.9 Å². The summed E-state index contributed by atoms with van der Waals surface area (Å²) in [5.41, 5.74) is 1.83. The number of anilines is 1. The lowest BCUT2D eigenvalue weighted by Gasteiger charge is -2.06. The van der Waals surface area contributed by atoms with Crippen LogP contribution in [0.15, 0.2) is 65.6 Å². The molecule has 2 aromatic carbocycles. The first-order chi connectivity index (χ1) is 13.9. The maximum absolute atomic E-state index is 13.2. The molecule has 29 heavy (non-hydrogen) atoms. The predicted octanol–water partition coefficient (Wildman–Crippen LogP) is 3.28. The minimum Gasteiger partial charge on any atom is -0.322 e. The molecule has 4 rings (SSSR count). The number of aromatic amines is 1. The van der Waals surface area contributed by atoms with Gasteiger partial charge in [-0.2, -0.15) is 0 Å². The van der Waals surface area contributed by atoms with Crippen molar-refractivity contribution in [2.24, 2.45) is 0 Å². The predicted molar refractivity (Wildman–Crippen MR) is 106 cm³/mol. The van der Waals surface area contributed by atoms with Gasteiger partial charge in [-0.15, -0.1) is 0 Å². The molecule has 7 nitrogen and oxygen atoms in total. The second kappa shape index (κ2) is 7.16. The van der Waals surface area contributed by atoms with Gasteiger partial charge < -0.3 is 5.32 Å². The molecule has 0 spiro atoms. The Hall–Kier alpha value is -4.07. The Balaban J connectivity index is 1.70. The van der Waals surface area contributed by atoms with Crippen LogP contribution in [0.3, 0.4) is 0 Å². The lowest BCUT2D eigenvalue weighted by Crippen LogP contribution is -2.16. The van der Waals surface area contributed by atoms with Crippen molar-refractivity contribution in [2.75, 3.05) is 5.32 Å². The van der Waals surface area contributed by atoms with E-state index in [0.29, 0.717) is 22.5 Å². The van der Waals surface area contributed by atoms with Crippen LogP contribution in [-0.4, -0.2) is 26.3 Å². The highest BCUT2D eigenvalue weighted by Gasteiger charge is 2.16. The van der Waals surface area contributed by atoms with Crippen LogP contribution in [-0.2, 0) is 0 Å². The van der Waals surface area contributed by atoms with E-state index in [4.69, 9.17) is 0 Å². The molecule has 0 aliphatic rings. The van der Waals surface area contributed by atoms with Crippen LogP contribution in [0.4, 0.5) is 10.1 Å². The average molecular weight is 390 g/mol. The monoisotopic (exact) mass is 390 g/mol. The van der Waals surface area contributed by atoms with Gasteiger partial charge in [0, 0.05) is 29.1 Å². The molecule has 1 amide bonds. The van der Waals surface area contributed by atoms with Crippen LogP contribution in [0.2, 0.25) is 0 Å². The number of aromatic nitrogens is 3. The maximum Gasteiger partial charge on any atom is 0.273 e. The van der Waals surface area contributed by atoms with Gasteiger partial charge in [-0.25, -0.2) is 13.9 Å². The summed E-state index contributed by atoms with van der Waals surface area (Å²) in [4.78, 5) is 40.9. The fourth-order valence-electron chi connectivity index (χ4n) is 2.90. The molecule has 0 saturated heterocycles. The van der Waals surface area contributed by atoms with E-state index in [2.05, 4.69) is 15.4 Å². The molecule has 0 atom stereocenters. The van der Waals surface area contributed by atoms with Crippen molar-refractivity contribution in [1.82, 2.24) is 14.6 Å². The van der Waals surface area contributed by atoms with Crippen LogP contribution in [0.5, 0.6) is 0 Å². The van der Waals surface area contributed by atoms with Crippen molar-refractivity contribution < 1.29 is 14.0 Å². The zero-order valence-electron chi connectivity index (χ0n) is 15.3. The molecule has 0 radical (unpaired) electrons. The van der Waals surface area contributed by atoms with Gasteiger partial charge in [-0.05, 0) is 55.5 Å². The molecule has 2 N–H and O–H groups in total. The number of benzene rings is 2. The number of carbonyl (C=O) groups excluding carboxylic acids is 2. The Morgan fingerprint density at radius 2 is 1.76 bits per heavy atom. The van der Waals surface area contributed by atoms with E-state index in [9.17, 15) is 18.8 Å². The molecule has 0 bridgehead atoms. The van der Waals surface area contributed by atoms with Crippen molar-refractivity contribution >= 4 is 23.0 Å². The number of carbonyl (C=O) groups is 2. The minimum absolute atomic E-state index is 0.0728. The molecule has 0 fully saturated rings. The number of hydrogen-bond acceptors (Lipinski definition) is 4. The molecular weight excluding hydrogens is 375 g/mol. The fourth-order valence-corrected chi connectivity index (χ4v) is 2.90. The highest BCUT2D eigenvalue weighted by atomic mass is 19.1. The summed E-state index contributed by atoms with van der Waals surface area (Å²) in [5, 5.41) is 5.42. The summed E-state index contributed by atoms with van der Waals surface area (Å²) in [5.74, 6) is -0.942. The van der Waals surface area contributed by atoms with Crippen LogP contribution >= 0.6 is 0 Å². The number of ketones is 1. The van der Waals surface area contributed by atoms with Crippen molar-refractivity contribution in [2.45, 2.75) is 6.92 Å². The molecule has 0 unspecified atom stereocenters. The highest BCUT2D eigenvalue weighted by molar-refractivity contribution is 6.08. The van der Waals surface area contributed by atoms with Crippen LogP contribution in [0.1, 0.15) is 27.6 Å². The molecule has 2 aromatic heterocycles. The number of H-pyrrole nitrogens is 1. The summed E-state index contributed by atoms with van der Waals surface area (Å²) in [6.45, 7) is 1.46. The van der Waals surface area contributed by atoms with E-state index in [1.54, 1.807) is 24.3 Å². The van der Waals surface area contributed by atoms with E-state index >= 15 is 0 Å². The molecular formula is C21H15FN4O3. The first kappa shape index (κ1) is 18.3. The Kier molecular flexibility index (Phi) is 4.52. The fraction of sp³-hybridized carbons (Fsp3) is 0.0476. The SMILES string of the molecule is CC(=O)c1ccc(NC(=O)c2c[nH]n3c(=O)cc(-c4ccc(F)cc4)nc23)cc1. The second-order valence-electron chi connectivity index (χ2n) is 6.42. The third-order valence-corrected chi connectivity index (χ3v) is 4.43. The van der Waals surface area contributed by atoms with Gasteiger partial charge in [0.25, 0.3) is 11.5 Å². The molecule has 144 valence electrons. The van der Waals surface area contributed by atoms with Crippen LogP contribution in [0, 0.1) is 5.82 Å². The topological polar surface area (TPSA) is 96.3 Å². The number of nitrogens with zero attached hydrogens (tertiary/aromatic N) is 2. The summed E-state index contributed by atoms with van der Waals surface area (Å²) in [6, 6.07) is 13.3. The molecule has 2 heterocycles. The number of Topliss-reactive ketones (excluding diaryl/α,β-unsaturated/α-hetero) is 1. The standard InChI is InChI=1S/C21H15FN4O3/c1-12(27)13-4-8-16(9-5-13)24-21(29)17-11-23-26-19(28)10-18(25-20(17)26)14-2-6-15(22)7-3-14/h2-11,23H,1H3,(H,24,29). The summed E-state index contributed by atoms with van der Waals surface area (Å²) >= 11 is 0. The maximum atomic E-state index is 13.2. The van der Waals surface area contributed by atoms with E-state index in [0.717, 1.165) is 4.52 Å². The number of nitrogens with one attached hydrogen (secondary N) is 2. The summed E-state index contributed by atoms with van der Waals surface area (Å²) in [6.07, 6.45) is 1.39. The minimum atomic E-state index is -0.470. The zero-order chi connectivity index (χ0) is 20.5. The normalized spacial score (nSPS) is 10.8. The Morgan fingerprint density at radius 3 is 2.41 bits per heavy atom. The first-order valence-corrected chi connectivity index (χ1v) is 8.72. The smallest absolute Gasteiger partial charge is 0.273 e. The molecule has 0 saturated carbocycles. The molecule has 0 aliphatic heterocycles. The Bertz CT molecular complexity index is 1290. The number of rotatable bonds is 4. The number of amides is 1. The Labute approximate surface area is 163 Å². The van der Waals surface area contributed by atoms with Gasteiger partial charge in [0.2, 0.25) is 0 Å². The second-order valence-corrected chi connectivity index (χ2v) is 6.42. The summed E-state index contributed by atoms with van der Waals surface area (Å²) < 4.78 is 14.3. The van der Waals surface area contributed by atoms with Crippen molar-refractivity contribution in [3.63, 3.8) is 0 Å². The zero-order valence-corrected chi connectivity index (χ0v) is 15.3. The van der Waals surface area contributed by atoms with Gasteiger partial charge in [-0.1, -0.05) is 0 Å². The van der Waals surface area contributed by atoms with Gasteiger partial charge in [-0.3, -0.25) is 19.5 Å². The van der Waals surface area contributed by atoms with Gasteiger partial charge in [0.05, 0.1) is 5.69 Å². The molecule has 4 aromatic rings. The lowest BCUT2D eigenvalue weighted by atomic mass is 10.1. The van der Waals surface area contributed by atoms with E-state index in [1.165, 1.54) is 43.5 Å². The number of hydrogen-bond donors (Lipinski definition) is 2. The largest absolute Gasteiger partial charge is 0.322 e. The van der Waals surface area contributed by atoms with Crippen molar-refractivity contribution in [3.05, 3.63) is 88.1 Å². The van der Waals surface area contributed by atoms with Gasteiger partial charge >= 0.3 is 0 Å². The van der Waals surface area contributed by atoms with E-state index < -0.39 is 17.3 Å². The first-order valence-electron chi connectivity index (χ1n) is 8.72. The quantitative estimate of drug-likeness (QED) is 0.523. The molecule has 0 aliphatic carbocycles. The average Bonchev–Trinajstić information content (AvgIpc) is 3.13. The highest BCUT2D eigenvalue weighted by Crippen LogP contribution is 2.19. The number of halogens is 1. The van der Waals surface area contributed by atoms with Gasteiger partial charge in [0.15, 0.2) is 11.4 Å². The van der Waals surface area contributed by atoms with Crippen molar-refractivity contribution in [3.8, 4) is 11.3 Å². The number of fused-ring (bicyclic) bond motifs is 1. The third kappa shape index (κ3) is 3.55. The van der Waals surface area contributed by atoms with Crippen LogP contribution < -0.4 is 10.9 Å². The summed E-state index contributed by atoms with van der Waals surface area (Å²) in [7, 11) is 0. The lowest BCUT2D eigenvalue weighted by molar-refractivity contribution is 0.101. The molecule has 8 heteroatoms.